The number of sulfonamides is 1. The molecule has 0 saturated heterocycles. The van der Waals surface area contributed by atoms with Crippen LogP contribution in [0.1, 0.15) is 13.3 Å². The van der Waals surface area contributed by atoms with Crippen LogP contribution < -0.4 is 10.0 Å². The van der Waals surface area contributed by atoms with Crippen LogP contribution in [0.2, 0.25) is 0 Å². The van der Waals surface area contributed by atoms with E-state index < -0.39 is 27.8 Å². The molecular weight excluding hydrogens is 321 g/mol. The smallest absolute Gasteiger partial charge is 0.242 e. The molecule has 1 heterocycles. The highest BCUT2D eigenvalue weighted by Crippen LogP contribution is 2.12. The zero-order valence-electron chi connectivity index (χ0n) is 12.4. The maximum Gasteiger partial charge on any atom is 0.242 e. The number of aromatic nitrogens is 1. The molecule has 0 spiro atoms. The Bertz CT molecular complexity index is 764. The largest absolute Gasteiger partial charge is 0.323 e. The maximum atomic E-state index is 12.9. The van der Waals surface area contributed by atoms with Crippen LogP contribution in [-0.2, 0) is 14.8 Å². The standard InChI is InChI=1S/C15H16FN3O3S/c1-2-14(15(20)18-12-4-3-9-17-10-12)19-23(21,22)13-7-5-11(16)6-8-13/h3-10,14,19H,2H2,1H3,(H,18,20). The first-order chi connectivity index (χ1) is 10.9. The van der Waals surface area contributed by atoms with Gasteiger partial charge in [-0.1, -0.05) is 6.92 Å². The summed E-state index contributed by atoms with van der Waals surface area (Å²) in [5, 5.41) is 2.59. The van der Waals surface area contributed by atoms with Crippen molar-refractivity contribution in [2.75, 3.05) is 5.32 Å². The number of halogens is 1. The average molecular weight is 337 g/mol. The number of anilines is 1. The summed E-state index contributed by atoms with van der Waals surface area (Å²) in [4.78, 5) is 15.9. The van der Waals surface area contributed by atoms with E-state index in [1.807, 2.05) is 0 Å². The van der Waals surface area contributed by atoms with Crippen molar-refractivity contribution in [3.8, 4) is 0 Å². The first-order valence-corrected chi connectivity index (χ1v) is 8.39. The molecular formula is C15H16FN3O3S. The molecule has 1 unspecified atom stereocenters. The van der Waals surface area contributed by atoms with Gasteiger partial charge < -0.3 is 5.32 Å². The molecule has 1 amide bonds. The first-order valence-electron chi connectivity index (χ1n) is 6.91. The Morgan fingerprint density at radius 3 is 2.52 bits per heavy atom. The lowest BCUT2D eigenvalue weighted by Crippen LogP contribution is -2.43. The molecule has 6 nitrogen and oxygen atoms in total. The lowest BCUT2D eigenvalue weighted by atomic mass is 10.2. The Kier molecular flexibility index (Phi) is 5.41. The van der Waals surface area contributed by atoms with Gasteiger partial charge >= 0.3 is 0 Å². The van der Waals surface area contributed by atoms with Crippen molar-refractivity contribution in [2.24, 2.45) is 0 Å². The predicted octanol–water partition coefficient (Wildman–Crippen LogP) is 1.92. The van der Waals surface area contributed by atoms with Gasteiger partial charge in [0.2, 0.25) is 15.9 Å². The van der Waals surface area contributed by atoms with Crippen LogP contribution in [0.5, 0.6) is 0 Å². The lowest BCUT2D eigenvalue weighted by Gasteiger charge is -2.17. The van der Waals surface area contributed by atoms with Crippen molar-refractivity contribution >= 4 is 21.6 Å². The molecule has 2 aromatic rings. The quantitative estimate of drug-likeness (QED) is 0.843. The fraction of sp³-hybridized carbons (Fsp3) is 0.200. The van der Waals surface area contributed by atoms with Crippen LogP contribution in [0.4, 0.5) is 10.1 Å². The fourth-order valence-electron chi connectivity index (χ4n) is 1.86. The van der Waals surface area contributed by atoms with Crippen molar-refractivity contribution in [3.63, 3.8) is 0 Å². The second-order valence-electron chi connectivity index (χ2n) is 4.77. The minimum atomic E-state index is -3.92. The maximum absolute atomic E-state index is 12.9. The summed E-state index contributed by atoms with van der Waals surface area (Å²) in [6, 6.07) is 6.72. The van der Waals surface area contributed by atoms with E-state index in [0.717, 1.165) is 24.3 Å². The number of benzene rings is 1. The minimum Gasteiger partial charge on any atom is -0.323 e. The van der Waals surface area contributed by atoms with Crippen LogP contribution in [-0.4, -0.2) is 25.4 Å². The van der Waals surface area contributed by atoms with Crippen molar-refractivity contribution in [1.82, 2.24) is 9.71 Å². The van der Waals surface area contributed by atoms with Gasteiger partial charge in [-0.3, -0.25) is 9.78 Å². The molecule has 0 aliphatic carbocycles. The Balaban J connectivity index is 2.11. The first kappa shape index (κ1) is 17.0. The molecule has 0 aliphatic rings. The van der Waals surface area contributed by atoms with E-state index >= 15 is 0 Å². The monoisotopic (exact) mass is 337 g/mol. The van der Waals surface area contributed by atoms with Gasteiger partial charge in [-0.25, -0.2) is 12.8 Å². The highest BCUT2D eigenvalue weighted by molar-refractivity contribution is 7.89. The van der Waals surface area contributed by atoms with E-state index in [2.05, 4.69) is 15.0 Å². The third kappa shape index (κ3) is 4.57. The summed E-state index contributed by atoms with van der Waals surface area (Å²) in [6.45, 7) is 1.68. The molecule has 8 heteroatoms. The van der Waals surface area contributed by atoms with Crippen molar-refractivity contribution < 1.29 is 17.6 Å². The number of amides is 1. The summed E-state index contributed by atoms with van der Waals surface area (Å²) in [5.41, 5.74) is 0.469. The third-order valence-electron chi connectivity index (χ3n) is 3.08. The lowest BCUT2D eigenvalue weighted by molar-refractivity contribution is -0.117. The van der Waals surface area contributed by atoms with E-state index in [4.69, 9.17) is 0 Å². The Morgan fingerprint density at radius 1 is 1.26 bits per heavy atom. The Hall–Kier alpha value is -2.32. The van der Waals surface area contributed by atoms with E-state index in [1.165, 1.54) is 6.20 Å². The van der Waals surface area contributed by atoms with Crippen LogP contribution >= 0.6 is 0 Å². The molecule has 1 aromatic carbocycles. The van der Waals surface area contributed by atoms with Crippen LogP contribution in [0.15, 0.2) is 53.7 Å². The molecule has 0 fully saturated rings. The van der Waals surface area contributed by atoms with Gasteiger partial charge in [-0.15, -0.1) is 0 Å². The van der Waals surface area contributed by atoms with E-state index in [0.29, 0.717) is 5.69 Å². The summed E-state index contributed by atoms with van der Waals surface area (Å²) in [5.74, 6) is -1.03. The minimum absolute atomic E-state index is 0.105. The number of rotatable bonds is 6. The summed E-state index contributed by atoms with van der Waals surface area (Å²) < 4.78 is 39.7. The van der Waals surface area contributed by atoms with Crippen molar-refractivity contribution in [3.05, 3.63) is 54.6 Å². The highest BCUT2D eigenvalue weighted by atomic mass is 32.2. The predicted molar refractivity (Wildman–Crippen MR) is 83.7 cm³/mol. The summed E-state index contributed by atoms with van der Waals surface area (Å²) in [7, 11) is -3.92. The Labute approximate surface area is 133 Å². The topological polar surface area (TPSA) is 88.2 Å². The molecule has 122 valence electrons. The molecule has 0 radical (unpaired) electrons. The molecule has 0 saturated carbocycles. The van der Waals surface area contributed by atoms with Crippen molar-refractivity contribution in [1.29, 1.82) is 0 Å². The van der Waals surface area contributed by atoms with Gasteiger partial charge in [0.1, 0.15) is 11.9 Å². The second kappa shape index (κ2) is 7.30. The number of carbonyl (C=O) groups is 1. The summed E-state index contributed by atoms with van der Waals surface area (Å²) in [6.07, 6.45) is 3.27. The fourth-order valence-corrected chi connectivity index (χ4v) is 3.14. The molecule has 2 rings (SSSR count). The molecule has 2 N–H and O–H groups in total. The van der Waals surface area contributed by atoms with Gasteiger partial charge in [0.05, 0.1) is 16.8 Å². The number of hydrogen-bond acceptors (Lipinski definition) is 4. The molecule has 23 heavy (non-hydrogen) atoms. The number of nitrogens with zero attached hydrogens (tertiary/aromatic N) is 1. The van der Waals surface area contributed by atoms with Crippen molar-refractivity contribution in [2.45, 2.75) is 24.3 Å². The van der Waals surface area contributed by atoms with E-state index in [-0.39, 0.29) is 11.3 Å². The van der Waals surface area contributed by atoms with Gasteiger partial charge in [-0.05, 0) is 42.8 Å². The SMILES string of the molecule is CCC(NS(=O)(=O)c1ccc(F)cc1)C(=O)Nc1cccnc1. The van der Waals surface area contributed by atoms with Gasteiger partial charge in [0.25, 0.3) is 0 Å². The van der Waals surface area contributed by atoms with E-state index in [1.54, 1.807) is 25.3 Å². The summed E-state index contributed by atoms with van der Waals surface area (Å²) >= 11 is 0. The normalized spacial score (nSPS) is 12.6. The average Bonchev–Trinajstić information content (AvgIpc) is 2.54. The number of nitrogens with one attached hydrogen (secondary N) is 2. The number of hydrogen-bond donors (Lipinski definition) is 2. The second-order valence-corrected chi connectivity index (χ2v) is 6.48. The van der Waals surface area contributed by atoms with Crippen LogP contribution in [0, 0.1) is 5.82 Å². The van der Waals surface area contributed by atoms with Crippen LogP contribution in [0.3, 0.4) is 0 Å². The highest BCUT2D eigenvalue weighted by Gasteiger charge is 2.24. The molecule has 1 aromatic heterocycles. The van der Waals surface area contributed by atoms with Crippen LogP contribution in [0.25, 0.3) is 0 Å². The molecule has 0 bridgehead atoms. The zero-order valence-corrected chi connectivity index (χ0v) is 13.2. The molecule has 1 atom stereocenters. The van der Waals surface area contributed by atoms with E-state index in [9.17, 15) is 17.6 Å². The number of pyridine rings is 1. The molecule has 0 aliphatic heterocycles. The van der Waals surface area contributed by atoms with Gasteiger partial charge in [0, 0.05) is 6.20 Å². The van der Waals surface area contributed by atoms with Gasteiger partial charge in [-0.2, -0.15) is 4.72 Å². The number of carbonyl (C=O) groups excluding carboxylic acids is 1. The third-order valence-corrected chi connectivity index (χ3v) is 4.56. The Morgan fingerprint density at radius 2 is 1.96 bits per heavy atom. The van der Waals surface area contributed by atoms with Gasteiger partial charge in [0.15, 0.2) is 0 Å². The zero-order chi connectivity index (χ0) is 16.9.